The fraction of sp³-hybridized carbons (Fsp3) is 0.120. The third-order valence-electron chi connectivity index (χ3n) is 5.02. The fourth-order valence-corrected chi connectivity index (χ4v) is 3.44. The minimum absolute atomic E-state index is 0.0632. The molecule has 0 aromatic heterocycles. The van der Waals surface area contributed by atoms with Crippen molar-refractivity contribution in [3.8, 4) is 11.5 Å². The molecule has 3 aromatic rings. The van der Waals surface area contributed by atoms with E-state index >= 15 is 0 Å². The second-order valence-electron chi connectivity index (χ2n) is 7.67. The Balaban J connectivity index is 1.61. The lowest BCUT2D eigenvalue weighted by Gasteiger charge is -2.16. The van der Waals surface area contributed by atoms with Crippen molar-refractivity contribution in [2.45, 2.75) is 12.6 Å². The lowest BCUT2D eigenvalue weighted by atomic mass is 10.1. The van der Waals surface area contributed by atoms with Crippen LogP contribution >= 0.6 is 11.6 Å². The molecule has 0 radical (unpaired) electrons. The Kier molecular flexibility index (Phi) is 8.48. The largest absolute Gasteiger partial charge is 0.508 e. The third kappa shape index (κ3) is 6.97. The van der Waals surface area contributed by atoms with Gasteiger partial charge in [-0.2, -0.15) is 0 Å². The number of benzene rings is 3. The van der Waals surface area contributed by atoms with Gasteiger partial charge < -0.3 is 31.3 Å². The number of carboxylic acid groups (broad SMARTS) is 1. The van der Waals surface area contributed by atoms with Gasteiger partial charge in [-0.25, -0.2) is 4.79 Å². The van der Waals surface area contributed by atoms with Crippen molar-refractivity contribution in [3.63, 3.8) is 0 Å². The Hall–Kier alpha value is -4.57. The molecular formula is C25H22ClN3O7. The number of carbonyl (C=O) groups excluding carboxylic acids is 3. The standard InChI is InChI=1S/C25H22ClN3O7/c26-20-11-16(23(33)27-12-14-3-1-5-17(30)9-14)7-8-19(20)24(34)29-21(25(35)36)13-28-22(32)15-4-2-6-18(31)10-15/h1-11,21,30-31H,12-13H2,(H,27,33)(H,28,32)(H,29,34)(H,35,36)/t21-/m0/s1. The monoisotopic (exact) mass is 511 g/mol. The van der Waals surface area contributed by atoms with Gasteiger partial charge in [-0.3, -0.25) is 14.4 Å². The van der Waals surface area contributed by atoms with Crippen LogP contribution in [0, 0.1) is 0 Å². The number of nitrogens with one attached hydrogen (secondary N) is 3. The lowest BCUT2D eigenvalue weighted by Crippen LogP contribution is -2.48. The smallest absolute Gasteiger partial charge is 0.328 e. The maximum atomic E-state index is 12.6. The highest BCUT2D eigenvalue weighted by molar-refractivity contribution is 6.34. The number of carboxylic acids is 1. The average Bonchev–Trinajstić information content (AvgIpc) is 2.84. The number of halogens is 1. The summed E-state index contributed by atoms with van der Waals surface area (Å²) in [6.07, 6.45) is 0. The molecule has 0 fully saturated rings. The van der Waals surface area contributed by atoms with Crippen molar-refractivity contribution in [3.05, 3.63) is 94.0 Å². The van der Waals surface area contributed by atoms with E-state index in [1.54, 1.807) is 12.1 Å². The minimum atomic E-state index is -1.47. The van der Waals surface area contributed by atoms with E-state index in [2.05, 4.69) is 16.0 Å². The van der Waals surface area contributed by atoms with E-state index in [1.165, 1.54) is 54.6 Å². The number of hydrogen-bond donors (Lipinski definition) is 6. The fourth-order valence-electron chi connectivity index (χ4n) is 3.17. The molecule has 0 saturated heterocycles. The molecule has 3 aromatic carbocycles. The van der Waals surface area contributed by atoms with Gasteiger partial charge in [0, 0.05) is 24.2 Å². The Labute approximate surface area is 210 Å². The molecule has 0 aliphatic carbocycles. The van der Waals surface area contributed by atoms with Crippen molar-refractivity contribution in [2.24, 2.45) is 0 Å². The molecule has 11 heteroatoms. The number of phenolic OH excluding ortho intramolecular Hbond substituents is 2. The molecule has 0 bridgehead atoms. The van der Waals surface area contributed by atoms with Crippen LogP contribution in [-0.2, 0) is 11.3 Å². The summed E-state index contributed by atoms with van der Waals surface area (Å²) in [5.41, 5.74) is 0.907. The summed E-state index contributed by atoms with van der Waals surface area (Å²) in [7, 11) is 0. The van der Waals surface area contributed by atoms with Crippen molar-refractivity contribution < 1.29 is 34.5 Å². The first kappa shape index (κ1) is 26.0. The molecule has 0 aliphatic heterocycles. The predicted molar refractivity (Wildman–Crippen MR) is 130 cm³/mol. The average molecular weight is 512 g/mol. The molecule has 1 atom stereocenters. The molecule has 186 valence electrons. The zero-order valence-corrected chi connectivity index (χ0v) is 19.5. The van der Waals surface area contributed by atoms with Gasteiger partial charge in [0.05, 0.1) is 10.6 Å². The van der Waals surface area contributed by atoms with Crippen LogP contribution in [0.5, 0.6) is 11.5 Å². The highest BCUT2D eigenvalue weighted by Gasteiger charge is 2.23. The summed E-state index contributed by atoms with van der Waals surface area (Å²) in [5, 5.41) is 35.7. The number of aliphatic carboxylic acids is 1. The normalized spacial score (nSPS) is 11.2. The molecule has 0 spiro atoms. The Morgan fingerprint density at radius 2 is 1.42 bits per heavy atom. The van der Waals surface area contributed by atoms with Gasteiger partial charge in [0.2, 0.25) is 0 Å². The van der Waals surface area contributed by atoms with Crippen molar-refractivity contribution >= 4 is 35.3 Å². The van der Waals surface area contributed by atoms with E-state index < -0.39 is 36.3 Å². The first-order valence-corrected chi connectivity index (χ1v) is 11.0. The highest BCUT2D eigenvalue weighted by atomic mass is 35.5. The van der Waals surface area contributed by atoms with E-state index in [1.807, 2.05) is 0 Å². The minimum Gasteiger partial charge on any atom is -0.508 e. The summed E-state index contributed by atoms with van der Waals surface area (Å²) in [6.45, 7) is -0.273. The van der Waals surface area contributed by atoms with Crippen molar-refractivity contribution in [2.75, 3.05) is 6.54 Å². The topological polar surface area (TPSA) is 165 Å². The zero-order chi connectivity index (χ0) is 26.2. The number of hydrogen-bond acceptors (Lipinski definition) is 6. The number of aromatic hydroxyl groups is 2. The van der Waals surface area contributed by atoms with E-state index in [9.17, 15) is 34.5 Å². The van der Waals surface area contributed by atoms with Crippen LogP contribution in [0.2, 0.25) is 5.02 Å². The number of carbonyl (C=O) groups is 4. The number of rotatable bonds is 9. The van der Waals surface area contributed by atoms with Crippen molar-refractivity contribution in [1.82, 2.24) is 16.0 Å². The molecule has 0 saturated carbocycles. The lowest BCUT2D eigenvalue weighted by molar-refractivity contribution is -0.139. The summed E-state index contributed by atoms with van der Waals surface area (Å²) in [5.74, 6) is -3.37. The van der Waals surface area contributed by atoms with E-state index in [-0.39, 0.29) is 39.8 Å². The van der Waals surface area contributed by atoms with Gasteiger partial charge >= 0.3 is 5.97 Å². The van der Waals surface area contributed by atoms with Gasteiger partial charge in [-0.05, 0) is 54.1 Å². The number of amides is 3. The van der Waals surface area contributed by atoms with Crippen LogP contribution in [0.25, 0.3) is 0 Å². The molecular weight excluding hydrogens is 490 g/mol. The summed E-state index contributed by atoms with van der Waals surface area (Å²) in [6, 6.07) is 14.3. The first-order chi connectivity index (χ1) is 17.1. The molecule has 6 N–H and O–H groups in total. The highest BCUT2D eigenvalue weighted by Crippen LogP contribution is 2.19. The SMILES string of the molecule is O=C(NCc1cccc(O)c1)c1ccc(C(=O)N[C@@H](CNC(=O)c2cccc(O)c2)C(=O)O)c(Cl)c1. The van der Waals surface area contributed by atoms with Gasteiger partial charge in [0.25, 0.3) is 17.7 Å². The number of phenols is 2. The molecule has 0 heterocycles. The summed E-state index contributed by atoms with van der Waals surface area (Å²) >= 11 is 6.18. The van der Waals surface area contributed by atoms with Crippen LogP contribution in [0.3, 0.4) is 0 Å². The maximum absolute atomic E-state index is 12.6. The molecule has 0 aliphatic rings. The van der Waals surface area contributed by atoms with Gasteiger partial charge in [-0.15, -0.1) is 0 Å². The second kappa shape index (κ2) is 11.7. The first-order valence-electron chi connectivity index (χ1n) is 10.6. The van der Waals surface area contributed by atoms with E-state index in [4.69, 9.17) is 11.6 Å². The summed E-state index contributed by atoms with van der Waals surface area (Å²) in [4.78, 5) is 48.9. The Morgan fingerprint density at radius 1 is 0.778 bits per heavy atom. The van der Waals surface area contributed by atoms with E-state index in [0.29, 0.717) is 5.56 Å². The van der Waals surface area contributed by atoms with Crippen LogP contribution < -0.4 is 16.0 Å². The van der Waals surface area contributed by atoms with Crippen molar-refractivity contribution in [1.29, 1.82) is 0 Å². The van der Waals surface area contributed by atoms with Gasteiger partial charge in [0.1, 0.15) is 17.5 Å². The van der Waals surface area contributed by atoms with Crippen LogP contribution in [0.1, 0.15) is 36.6 Å². The third-order valence-corrected chi connectivity index (χ3v) is 5.33. The Morgan fingerprint density at radius 3 is 2.06 bits per heavy atom. The summed E-state index contributed by atoms with van der Waals surface area (Å²) < 4.78 is 0. The molecule has 3 rings (SSSR count). The Bertz CT molecular complexity index is 1310. The van der Waals surface area contributed by atoms with Gasteiger partial charge in [0.15, 0.2) is 0 Å². The molecule has 10 nitrogen and oxygen atoms in total. The van der Waals surface area contributed by atoms with Crippen LogP contribution in [0.15, 0.2) is 66.7 Å². The zero-order valence-electron chi connectivity index (χ0n) is 18.7. The van der Waals surface area contributed by atoms with E-state index in [0.717, 1.165) is 0 Å². The predicted octanol–water partition coefficient (Wildman–Crippen LogP) is 2.29. The van der Waals surface area contributed by atoms with Gasteiger partial charge in [-0.1, -0.05) is 29.8 Å². The second-order valence-corrected chi connectivity index (χ2v) is 8.08. The molecule has 3 amide bonds. The molecule has 0 unspecified atom stereocenters. The van der Waals surface area contributed by atoms with Crippen LogP contribution in [-0.4, -0.2) is 51.6 Å². The van der Waals surface area contributed by atoms with Crippen LogP contribution in [0.4, 0.5) is 0 Å². The molecule has 36 heavy (non-hydrogen) atoms. The maximum Gasteiger partial charge on any atom is 0.328 e. The quantitative estimate of drug-likeness (QED) is 0.256.